The standard InChI is InChI=1S/C27H20ClO5P.Na.H/c28-23-15-11-21(12-16-23)26(19-20-7-3-1-4-8-20)27(29)22-13-17-25(18-14-22)33-34(30,31)32-24-9-5-2-6-10-24;;/h1-19H,(H,30,31);;/q;+1;-1. The van der Waals surface area contributed by atoms with Crippen molar-refractivity contribution in [1.82, 2.24) is 0 Å². The van der Waals surface area contributed by atoms with Gasteiger partial charge in [-0.3, -0.25) is 9.69 Å². The Morgan fingerprint density at radius 2 is 1.23 bits per heavy atom. The van der Waals surface area contributed by atoms with Crippen LogP contribution in [0.5, 0.6) is 11.5 Å². The first-order chi connectivity index (χ1) is 16.4. The minimum Gasteiger partial charge on any atom is -1.00 e. The van der Waals surface area contributed by atoms with E-state index < -0.39 is 7.82 Å². The van der Waals surface area contributed by atoms with Crippen molar-refractivity contribution < 1.29 is 54.3 Å². The van der Waals surface area contributed by atoms with Gasteiger partial charge in [-0.25, -0.2) is 4.57 Å². The van der Waals surface area contributed by atoms with Gasteiger partial charge >= 0.3 is 37.4 Å². The molecule has 0 amide bonds. The van der Waals surface area contributed by atoms with Crippen molar-refractivity contribution in [3.63, 3.8) is 0 Å². The summed E-state index contributed by atoms with van der Waals surface area (Å²) in [6.07, 6.45) is 1.81. The van der Waals surface area contributed by atoms with Crippen LogP contribution in [0.2, 0.25) is 5.02 Å². The molecule has 35 heavy (non-hydrogen) atoms. The van der Waals surface area contributed by atoms with Crippen LogP contribution in [0.3, 0.4) is 0 Å². The van der Waals surface area contributed by atoms with Gasteiger partial charge < -0.3 is 10.5 Å². The van der Waals surface area contributed by atoms with E-state index in [0.717, 1.165) is 11.1 Å². The smallest absolute Gasteiger partial charge is 1.00 e. The van der Waals surface area contributed by atoms with E-state index in [2.05, 4.69) is 0 Å². The zero-order valence-corrected chi connectivity index (χ0v) is 22.5. The van der Waals surface area contributed by atoms with E-state index in [-0.39, 0.29) is 48.3 Å². The van der Waals surface area contributed by atoms with Crippen molar-refractivity contribution in [2.24, 2.45) is 0 Å². The SMILES string of the molecule is O=C(C(=Cc1ccccc1)c1ccc(Cl)cc1)c1ccc(OP(=O)(O)Oc2ccccc2)cc1.[H-].[Na+]. The molecule has 0 aliphatic heterocycles. The van der Waals surface area contributed by atoms with Gasteiger partial charge in [0, 0.05) is 16.2 Å². The van der Waals surface area contributed by atoms with Crippen molar-refractivity contribution in [1.29, 1.82) is 0 Å². The molecule has 0 aliphatic carbocycles. The summed E-state index contributed by atoms with van der Waals surface area (Å²) in [5.74, 6) is 0.0858. The largest absolute Gasteiger partial charge is 1.00 e. The summed E-state index contributed by atoms with van der Waals surface area (Å²) in [6.45, 7) is 0. The Kier molecular flexibility index (Phi) is 9.53. The number of carbonyl (C=O) groups excluding carboxylic acids is 1. The van der Waals surface area contributed by atoms with E-state index in [1.165, 1.54) is 24.3 Å². The molecule has 8 heteroatoms. The maximum absolute atomic E-state index is 13.4. The quantitative estimate of drug-likeness (QED) is 0.124. The fourth-order valence-electron chi connectivity index (χ4n) is 3.21. The molecule has 172 valence electrons. The van der Waals surface area contributed by atoms with Crippen molar-refractivity contribution in [3.8, 4) is 11.5 Å². The number of para-hydroxylation sites is 1. The number of hydrogen-bond donors (Lipinski definition) is 1. The number of rotatable bonds is 8. The number of carbonyl (C=O) groups is 1. The fourth-order valence-corrected chi connectivity index (χ4v) is 4.15. The van der Waals surface area contributed by atoms with E-state index >= 15 is 0 Å². The molecule has 0 fully saturated rings. The van der Waals surface area contributed by atoms with Gasteiger partial charge in [-0.2, -0.15) is 0 Å². The van der Waals surface area contributed by atoms with E-state index in [4.69, 9.17) is 20.6 Å². The number of halogens is 1. The second kappa shape index (κ2) is 12.4. The Morgan fingerprint density at radius 1 is 0.743 bits per heavy atom. The summed E-state index contributed by atoms with van der Waals surface area (Å²) < 4.78 is 22.5. The third-order valence-electron chi connectivity index (χ3n) is 4.81. The Bertz CT molecular complexity index is 1350. The van der Waals surface area contributed by atoms with Gasteiger partial charge in [0.15, 0.2) is 5.78 Å². The molecular weight excluding hydrogens is 494 g/mol. The third-order valence-corrected chi connectivity index (χ3v) is 5.95. The Hall–Kier alpha value is -2.63. The molecule has 0 aromatic heterocycles. The second-order valence-corrected chi connectivity index (χ2v) is 9.03. The fraction of sp³-hybridized carbons (Fsp3) is 0. The molecule has 0 aliphatic rings. The van der Waals surface area contributed by atoms with Gasteiger partial charge in [0.05, 0.1) is 0 Å². The van der Waals surface area contributed by atoms with E-state index in [1.807, 2.05) is 36.4 Å². The summed E-state index contributed by atoms with van der Waals surface area (Å²) in [5.41, 5.74) is 2.47. The molecule has 1 N–H and O–H groups in total. The van der Waals surface area contributed by atoms with Gasteiger partial charge in [-0.15, -0.1) is 0 Å². The molecule has 4 aromatic carbocycles. The van der Waals surface area contributed by atoms with Crippen LogP contribution in [0.15, 0.2) is 109 Å². The predicted molar refractivity (Wildman–Crippen MR) is 135 cm³/mol. The predicted octanol–water partition coefficient (Wildman–Crippen LogP) is 4.44. The number of phosphoric acid groups is 1. The first kappa shape index (κ1) is 27.0. The average molecular weight is 515 g/mol. The van der Waals surface area contributed by atoms with Crippen LogP contribution >= 0.6 is 19.4 Å². The molecule has 0 spiro atoms. The van der Waals surface area contributed by atoms with Gasteiger partial charge in [0.1, 0.15) is 11.5 Å². The average Bonchev–Trinajstić information content (AvgIpc) is 2.84. The van der Waals surface area contributed by atoms with Crippen LogP contribution < -0.4 is 38.6 Å². The van der Waals surface area contributed by atoms with Crippen molar-refractivity contribution in [2.45, 2.75) is 0 Å². The Labute approximate surface area is 232 Å². The summed E-state index contributed by atoms with van der Waals surface area (Å²) in [7, 11) is -4.40. The first-order valence-electron chi connectivity index (χ1n) is 10.3. The van der Waals surface area contributed by atoms with Crippen LogP contribution in [0.25, 0.3) is 11.6 Å². The molecule has 0 saturated heterocycles. The Morgan fingerprint density at radius 3 is 1.80 bits per heavy atom. The summed E-state index contributed by atoms with van der Waals surface area (Å²) >= 11 is 6.02. The molecule has 0 saturated carbocycles. The summed E-state index contributed by atoms with van der Waals surface area (Å²) in [4.78, 5) is 23.4. The zero-order chi connectivity index (χ0) is 24.0. The van der Waals surface area contributed by atoms with Gasteiger partial charge in [0.2, 0.25) is 0 Å². The van der Waals surface area contributed by atoms with E-state index in [9.17, 15) is 14.3 Å². The van der Waals surface area contributed by atoms with E-state index in [0.29, 0.717) is 16.2 Å². The molecule has 4 rings (SSSR count). The molecule has 0 heterocycles. The third kappa shape index (κ3) is 7.68. The number of ketones is 1. The number of hydrogen-bond acceptors (Lipinski definition) is 4. The van der Waals surface area contributed by atoms with Crippen LogP contribution in [-0.2, 0) is 4.57 Å². The number of benzene rings is 4. The summed E-state index contributed by atoms with van der Waals surface area (Å²) in [5, 5.41) is 0.572. The number of Topliss-reactive ketones (excluding diaryl/α,β-unsaturated/α-hetero) is 1. The molecule has 1 unspecified atom stereocenters. The Balaban J connectivity index is 0.00000228. The first-order valence-corrected chi connectivity index (χ1v) is 12.2. The van der Waals surface area contributed by atoms with Crippen molar-refractivity contribution >= 4 is 36.9 Å². The monoisotopic (exact) mass is 514 g/mol. The molecule has 4 aromatic rings. The molecular formula is C27H21ClNaO5P. The maximum atomic E-state index is 13.4. The second-order valence-electron chi connectivity index (χ2n) is 7.29. The molecule has 5 nitrogen and oxygen atoms in total. The van der Waals surface area contributed by atoms with Gasteiger partial charge in [0.25, 0.3) is 0 Å². The normalized spacial score (nSPS) is 12.7. The molecule has 0 bridgehead atoms. The molecule has 1 atom stereocenters. The van der Waals surface area contributed by atoms with Crippen molar-refractivity contribution in [3.05, 3.63) is 131 Å². The van der Waals surface area contributed by atoms with Gasteiger partial charge in [-0.05, 0) is 65.7 Å². The van der Waals surface area contributed by atoms with Gasteiger partial charge in [-0.1, -0.05) is 72.3 Å². The summed E-state index contributed by atoms with van der Waals surface area (Å²) in [6, 6.07) is 30.7. The van der Waals surface area contributed by atoms with Crippen LogP contribution in [-0.4, -0.2) is 10.7 Å². The minimum atomic E-state index is -4.40. The van der Waals surface area contributed by atoms with Crippen molar-refractivity contribution in [2.75, 3.05) is 0 Å². The van der Waals surface area contributed by atoms with Crippen LogP contribution in [0, 0.1) is 0 Å². The zero-order valence-electron chi connectivity index (χ0n) is 19.9. The number of phosphoric ester groups is 1. The van der Waals surface area contributed by atoms with Crippen LogP contribution in [0.1, 0.15) is 22.9 Å². The topological polar surface area (TPSA) is 72.8 Å². The molecule has 0 radical (unpaired) electrons. The van der Waals surface area contributed by atoms with E-state index in [1.54, 1.807) is 54.6 Å². The minimum absolute atomic E-state index is 0. The number of allylic oxidation sites excluding steroid dienone is 1. The maximum Gasteiger partial charge on any atom is 1.00 e. The van der Waals surface area contributed by atoms with Crippen LogP contribution in [0.4, 0.5) is 0 Å².